The fourth-order valence-corrected chi connectivity index (χ4v) is 4.24. The summed E-state index contributed by atoms with van der Waals surface area (Å²) in [4.78, 5) is 22.2. The van der Waals surface area contributed by atoms with Crippen molar-refractivity contribution in [3.63, 3.8) is 0 Å². The number of carbonyl (C=O) groups is 1. The van der Waals surface area contributed by atoms with Crippen molar-refractivity contribution < 1.29 is 14.6 Å². The van der Waals surface area contributed by atoms with E-state index in [1.165, 1.54) is 6.20 Å². The Balaban J connectivity index is 1.55. The molecular weight excluding hydrogens is 414 g/mol. The van der Waals surface area contributed by atoms with Crippen molar-refractivity contribution in [2.75, 3.05) is 31.2 Å². The molecule has 0 spiro atoms. The minimum absolute atomic E-state index is 0.181. The quantitative estimate of drug-likeness (QED) is 0.458. The molecular formula is C24H20ClN3O3. The number of aromatic amines is 1. The molecule has 1 fully saturated rings. The average Bonchev–Trinajstić information content (AvgIpc) is 3.13. The van der Waals surface area contributed by atoms with Crippen molar-refractivity contribution >= 4 is 34.0 Å². The van der Waals surface area contributed by atoms with Crippen LogP contribution in [0.1, 0.15) is 15.9 Å². The maximum atomic E-state index is 13.0. The number of anilines is 1. The van der Waals surface area contributed by atoms with Crippen molar-refractivity contribution in [1.29, 1.82) is 0 Å². The van der Waals surface area contributed by atoms with E-state index < -0.39 is 0 Å². The number of hydrogen-bond acceptors (Lipinski definition) is 5. The number of pyridine rings is 1. The molecule has 0 bridgehead atoms. The van der Waals surface area contributed by atoms with E-state index in [2.05, 4.69) is 27.0 Å². The highest BCUT2D eigenvalue weighted by Crippen LogP contribution is 2.37. The van der Waals surface area contributed by atoms with Gasteiger partial charge in [0.2, 0.25) is 11.7 Å². The van der Waals surface area contributed by atoms with Gasteiger partial charge in [-0.15, -0.1) is 0 Å². The van der Waals surface area contributed by atoms with Crippen LogP contribution in [-0.2, 0) is 4.74 Å². The molecule has 3 heterocycles. The number of aromatic hydroxyl groups is 1. The zero-order chi connectivity index (χ0) is 21.4. The Hall–Kier alpha value is -3.35. The molecule has 2 aromatic carbocycles. The molecule has 0 atom stereocenters. The second kappa shape index (κ2) is 8.06. The number of nitrogens with zero attached hydrogens (tertiary/aromatic N) is 2. The van der Waals surface area contributed by atoms with Crippen LogP contribution in [0.5, 0.6) is 5.88 Å². The number of ketones is 1. The number of rotatable bonds is 4. The number of carbonyl (C=O) groups excluding carboxylic acids is 1. The SMILES string of the molecule is O=C(c1cccnc1)c1c(O)[nH]c2cc(Cl)c(-c3ccc(N4CCOCC4)cc3)cc12. The third-order valence-electron chi connectivity index (χ3n) is 5.57. The molecule has 0 saturated carbocycles. The number of morpholine rings is 1. The van der Waals surface area contributed by atoms with Gasteiger partial charge in [-0.3, -0.25) is 9.78 Å². The van der Waals surface area contributed by atoms with E-state index in [0.29, 0.717) is 21.5 Å². The van der Waals surface area contributed by atoms with E-state index in [-0.39, 0.29) is 17.2 Å². The first-order valence-corrected chi connectivity index (χ1v) is 10.4. The average molecular weight is 434 g/mol. The first-order chi connectivity index (χ1) is 15.1. The van der Waals surface area contributed by atoms with E-state index in [0.717, 1.165) is 43.1 Å². The fourth-order valence-electron chi connectivity index (χ4n) is 3.97. The van der Waals surface area contributed by atoms with Gasteiger partial charge in [-0.05, 0) is 42.0 Å². The molecule has 0 radical (unpaired) electrons. The van der Waals surface area contributed by atoms with Crippen molar-refractivity contribution in [2.45, 2.75) is 0 Å². The third kappa shape index (κ3) is 3.65. The number of ether oxygens (including phenoxy) is 1. The zero-order valence-corrected chi connectivity index (χ0v) is 17.4. The molecule has 0 aliphatic carbocycles. The molecule has 6 nitrogen and oxygen atoms in total. The van der Waals surface area contributed by atoms with Crippen LogP contribution >= 0.6 is 11.6 Å². The molecule has 1 saturated heterocycles. The van der Waals surface area contributed by atoms with Crippen molar-refractivity contribution in [3.05, 3.63) is 77.1 Å². The summed E-state index contributed by atoms with van der Waals surface area (Å²) >= 11 is 6.56. The normalized spacial score (nSPS) is 14.2. The van der Waals surface area contributed by atoms with Crippen LogP contribution in [0.2, 0.25) is 5.02 Å². The van der Waals surface area contributed by atoms with Crippen LogP contribution in [0, 0.1) is 0 Å². The zero-order valence-electron chi connectivity index (χ0n) is 16.6. The molecule has 7 heteroatoms. The Morgan fingerprint density at radius 3 is 2.61 bits per heavy atom. The van der Waals surface area contributed by atoms with Crippen molar-refractivity contribution in [3.8, 4) is 17.0 Å². The number of H-pyrrole nitrogens is 1. The summed E-state index contributed by atoms with van der Waals surface area (Å²) in [5.74, 6) is -0.479. The summed E-state index contributed by atoms with van der Waals surface area (Å²) in [6.07, 6.45) is 3.09. The molecule has 1 aliphatic rings. The Kier molecular flexibility index (Phi) is 5.10. The number of benzene rings is 2. The Bertz CT molecular complexity index is 1250. The second-order valence-corrected chi connectivity index (χ2v) is 7.85. The first kappa shape index (κ1) is 19.6. The lowest BCUT2D eigenvalue weighted by atomic mass is 9.99. The van der Waals surface area contributed by atoms with E-state index in [1.807, 2.05) is 18.2 Å². The smallest absolute Gasteiger partial charge is 0.200 e. The van der Waals surface area contributed by atoms with Gasteiger partial charge in [0.25, 0.3) is 0 Å². The maximum absolute atomic E-state index is 13.0. The van der Waals surface area contributed by atoms with E-state index in [9.17, 15) is 9.90 Å². The summed E-state index contributed by atoms with van der Waals surface area (Å²) in [5.41, 5.74) is 4.08. The molecule has 156 valence electrons. The number of nitrogens with one attached hydrogen (secondary N) is 1. The van der Waals surface area contributed by atoms with Gasteiger partial charge < -0.3 is 19.7 Å². The van der Waals surface area contributed by atoms with E-state index in [4.69, 9.17) is 16.3 Å². The van der Waals surface area contributed by atoms with Crippen LogP contribution in [0.4, 0.5) is 5.69 Å². The summed E-state index contributed by atoms with van der Waals surface area (Å²) in [6.45, 7) is 3.20. The Labute approximate surface area is 184 Å². The minimum atomic E-state index is -0.298. The highest BCUT2D eigenvalue weighted by molar-refractivity contribution is 6.34. The van der Waals surface area contributed by atoms with Gasteiger partial charge in [-0.2, -0.15) is 0 Å². The Morgan fingerprint density at radius 1 is 1.13 bits per heavy atom. The Morgan fingerprint density at radius 2 is 1.90 bits per heavy atom. The molecule has 5 rings (SSSR count). The van der Waals surface area contributed by atoms with Crippen LogP contribution in [0.15, 0.2) is 60.9 Å². The molecule has 1 aliphatic heterocycles. The second-order valence-electron chi connectivity index (χ2n) is 7.44. The van der Waals surface area contributed by atoms with Crippen LogP contribution in [0.3, 0.4) is 0 Å². The number of halogens is 1. The molecule has 0 amide bonds. The largest absolute Gasteiger partial charge is 0.494 e. The molecule has 31 heavy (non-hydrogen) atoms. The van der Waals surface area contributed by atoms with E-state index in [1.54, 1.807) is 24.4 Å². The molecule has 2 aromatic heterocycles. The van der Waals surface area contributed by atoms with Gasteiger partial charge in [-0.1, -0.05) is 23.7 Å². The maximum Gasteiger partial charge on any atom is 0.200 e. The topological polar surface area (TPSA) is 78.4 Å². The number of aromatic nitrogens is 2. The standard InChI is InChI=1S/C24H20ClN3O3/c25-20-13-21-19(22(24(30)27-21)23(29)16-2-1-7-26-14-16)12-18(20)15-3-5-17(6-4-15)28-8-10-31-11-9-28/h1-7,12-14,27,30H,8-11H2. The van der Waals surface area contributed by atoms with Gasteiger partial charge in [-0.25, -0.2) is 0 Å². The highest BCUT2D eigenvalue weighted by Gasteiger charge is 2.22. The molecule has 0 unspecified atom stereocenters. The van der Waals surface area contributed by atoms with Crippen LogP contribution in [-0.4, -0.2) is 47.2 Å². The minimum Gasteiger partial charge on any atom is -0.494 e. The van der Waals surface area contributed by atoms with Crippen LogP contribution < -0.4 is 4.90 Å². The molecule has 2 N–H and O–H groups in total. The lowest BCUT2D eigenvalue weighted by Crippen LogP contribution is -2.36. The monoisotopic (exact) mass is 433 g/mol. The summed E-state index contributed by atoms with van der Waals surface area (Å²) in [6, 6.07) is 15.1. The van der Waals surface area contributed by atoms with Gasteiger partial charge in [0.15, 0.2) is 0 Å². The summed E-state index contributed by atoms with van der Waals surface area (Å²) < 4.78 is 5.42. The van der Waals surface area contributed by atoms with Gasteiger partial charge in [0, 0.05) is 47.7 Å². The van der Waals surface area contributed by atoms with Crippen molar-refractivity contribution in [1.82, 2.24) is 9.97 Å². The van der Waals surface area contributed by atoms with Gasteiger partial charge >= 0.3 is 0 Å². The predicted octanol–water partition coefficient (Wildman–Crippen LogP) is 4.66. The molecule has 4 aromatic rings. The number of fused-ring (bicyclic) bond motifs is 1. The van der Waals surface area contributed by atoms with Gasteiger partial charge in [0.1, 0.15) is 0 Å². The lowest BCUT2D eigenvalue weighted by molar-refractivity contribution is 0.103. The third-order valence-corrected chi connectivity index (χ3v) is 5.88. The predicted molar refractivity (Wildman–Crippen MR) is 121 cm³/mol. The van der Waals surface area contributed by atoms with Crippen molar-refractivity contribution in [2.24, 2.45) is 0 Å². The van der Waals surface area contributed by atoms with E-state index >= 15 is 0 Å². The summed E-state index contributed by atoms with van der Waals surface area (Å²) in [5, 5.41) is 11.6. The van der Waals surface area contributed by atoms with Gasteiger partial charge in [0.05, 0.1) is 29.3 Å². The summed E-state index contributed by atoms with van der Waals surface area (Å²) in [7, 11) is 0. The highest BCUT2D eigenvalue weighted by atomic mass is 35.5. The van der Waals surface area contributed by atoms with Crippen LogP contribution in [0.25, 0.3) is 22.0 Å². The fraction of sp³-hybridized carbons (Fsp3) is 0.167. The first-order valence-electron chi connectivity index (χ1n) is 10.0. The lowest BCUT2D eigenvalue weighted by Gasteiger charge is -2.29. The number of hydrogen-bond donors (Lipinski definition) is 2.